The molecule has 0 saturated carbocycles. The summed E-state index contributed by atoms with van der Waals surface area (Å²) in [4.78, 5) is 13.4. The maximum absolute atomic E-state index is 11.3. The van der Waals surface area contributed by atoms with Crippen LogP contribution in [0.25, 0.3) is 0 Å². The van der Waals surface area contributed by atoms with Gasteiger partial charge in [0.2, 0.25) is 0 Å². The van der Waals surface area contributed by atoms with Crippen molar-refractivity contribution >= 4 is 13.1 Å². The number of hydrogen-bond donors (Lipinski definition) is 4. The van der Waals surface area contributed by atoms with Gasteiger partial charge in [0.05, 0.1) is 12.1 Å². The number of carboxylic acids is 1. The molecule has 3 unspecified atom stereocenters. The van der Waals surface area contributed by atoms with E-state index in [4.69, 9.17) is 15.8 Å². The number of nitrogens with zero attached hydrogens (tertiary/aromatic N) is 1. The molecule has 1 aliphatic heterocycles. The summed E-state index contributed by atoms with van der Waals surface area (Å²) >= 11 is 0. The summed E-state index contributed by atoms with van der Waals surface area (Å²) in [5.41, 5.74) is 6.04. The number of rotatable bonds is 7. The molecule has 0 amide bonds. The lowest BCUT2D eigenvalue weighted by Crippen LogP contribution is -2.44. The first-order valence-electron chi connectivity index (χ1n) is 6.91. The van der Waals surface area contributed by atoms with Gasteiger partial charge in [-0.05, 0) is 24.6 Å². The highest BCUT2D eigenvalue weighted by atomic mass is 16.4. The van der Waals surface area contributed by atoms with Crippen LogP contribution >= 0.6 is 0 Å². The minimum atomic E-state index is -1.31. The van der Waals surface area contributed by atoms with Gasteiger partial charge in [-0.1, -0.05) is 20.3 Å². The number of aliphatic carboxylic acids is 1. The molecule has 1 saturated heterocycles. The zero-order valence-electron chi connectivity index (χ0n) is 11.7. The Morgan fingerprint density at radius 1 is 1.47 bits per heavy atom. The molecular formula is C12H25BN2O4. The average molecular weight is 272 g/mol. The maximum atomic E-state index is 11.3. The summed E-state index contributed by atoms with van der Waals surface area (Å²) in [6.45, 7) is 5.64. The van der Waals surface area contributed by atoms with Crippen LogP contribution in [0.4, 0.5) is 0 Å². The van der Waals surface area contributed by atoms with Gasteiger partial charge < -0.3 is 20.9 Å². The standard InChI is InChI=1S/C12H25BN2O4/c1-8(2)6-15-7-9(4-3-5-13(18)19)10(11(15)14)12(16)17/h8-11,18-19H,3-7,14H2,1-2H3,(H,16,17). The molecule has 1 fully saturated rings. The molecule has 0 aromatic heterocycles. The highest BCUT2D eigenvalue weighted by Gasteiger charge is 2.43. The first kappa shape index (κ1) is 16.4. The quantitative estimate of drug-likeness (QED) is 0.479. The molecule has 110 valence electrons. The molecular weight excluding hydrogens is 247 g/mol. The van der Waals surface area contributed by atoms with Crippen LogP contribution in [0.15, 0.2) is 0 Å². The first-order valence-corrected chi connectivity index (χ1v) is 6.91. The number of carboxylic acid groups (broad SMARTS) is 1. The molecule has 0 aliphatic carbocycles. The summed E-state index contributed by atoms with van der Waals surface area (Å²) < 4.78 is 0. The molecule has 0 aromatic carbocycles. The third-order valence-corrected chi connectivity index (χ3v) is 3.69. The van der Waals surface area contributed by atoms with Gasteiger partial charge in [0, 0.05) is 13.1 Å². The van der Waals surface area contributed by atoms with Gasteiger partial charge >= 0.3 is 13.1 Å². The second-order valence-corrected chi connectivity index (χ2v) is 5.87. The van der Waals surface area contributed by atoms with E-state index in [2.05, 4.69) is 13.8 Å². The molecule has 0 spiro atoms. The molecule has 5 N–H and O–H groups in total. The smallest absolute Gasteiger partial charge is 0.451 e. The molecule has 6 nitrogen and oxygen atoms in total. The summed E-state index contributed by atoms with van der Waals surface area (Å²) in [7, 11) is -1.31. The fourth-order valence-electron chi connectivity index (χ4n) is 2.89. The van der Waals surface area contributed by atoms with Crippen molar-refractivity contribution < 1.29 is 19.9 Å². The van der Waals surface area contributed by atoms with Crippen molar-refractivity contribution in [1.29, 1.82) is 0 Å². The lowest BCUT2D eigenvalue weighted by atomic mass is 9.80. The lowest BCUT2D eigenvalue weighted by molar-refractivity contribution is -0.143. The van der Waals surface area contributed by atoms with E-state index in [1.165, 1.54) is 0 Å². The zero-order chi connectivity index (χ0) is 14.6. The Morgan fingerprint density at radius 3 is 2.58 bits per heavy atom. The van der Waals surface area contributed by atoms with Crippen molar-refractivity contribution in [3.05, 3.63) is 0 Å². The number of nitrogens with two attached hydrogens (primary N) is 1. The molecule has 3 atom stereocenters. The molecule has 19 heavy (non-hydrogen) atoms. The molecule has 1 aliphatic rings. The van der Waals surface area contributed by atoms with Crippen molar-refractivity contribution in [2.24, 2.45) is 23.5 Å². The van der Waals surface area contributed by atoms with Crippen LogP contribution in [0.5, 0.6) is 0 Å². The van der Waals surface area contributed by atoms with Gasteiger partial charge in [-0.25, -0.2) is 0 Å². The van der Waals surface area contributed by atoms with Crippen molar-refractivity contribution in [2.75, 3.05) is 13.1 Å². The van der Waals surface area contributed by atoms with Crippen LogP contribution in [0.2, 0.25) is 6.32 Å². The second-order valence-electron chi connectivity index (χ2n) is 5.87. The highest BCUT2D eigenvalue weighted by Crippen LogP contribution is 2.32. The van der Waals surface area contributed by atoms with Crippen LogP contribution in [0, 0.1) is 17.8 Å². The zero-order valence-corrected chi connectivity index (χ0v) is 11.7. The van der Waals surface area contributed by atoms with Crippen LogP contribution in [0.1, 0.15) is 26.7 Å². The van der Waals surface area contributed by atoms with E-state index in [1.807, 2.05) is 4.90 Å². The van der Waals surface area contributed by atoms with E-state index in [0.717, 1.165) is 6.54 Å². The maximum Gasteiger partial charge on any atom is 0.451 e. The molecule has 7 heteroatoms. The Hall–Kier alpha value is -0.625. The molecule has 1 heterocycles. The van der Waals surface area contributed by atoms with Gasteiger partial charge in [0.15, 0.2) is 0 Å². The van der Waals surface area contributed by atoms with Gasteiger partial charge in [0.1, 0.15) is 0 Å². The van der Waals surface area contributed by atoms with Crippen molar-refractivity contribution in [2.45, 2.75) is 39.2 Å². The van der Waals surface area contributed by atoms with E-state index in [9.17, 15) is 9.90 Å². The third-order valence-electron chi connectivity index (χ3n) is 3.69. The van der Waals surface area contributed by atoms with Crippen molar-refractivity contribution in [3.8, 4) is 0 Å². The largest absolute Gasteiger partial charge is 0.481 e. The lowest BCUT2D eigenvalue weighted by Gasteiger charge is -2.24. The van der Waals surface area contributed by atoms with E-state index in [1.54, 1.807) is 0 Å². The highest BCUT2D eigenvalue weighted by molar-refractivity contribution is 6.40. The van der Waals surface area contributed by atoms with E-state index < -0.39 is 25.2 Å². The van der Waals surface area contributed by atoms with Gasteiger partial charge in [-0.15, -0.1) is 0 Å². The predicted molar refractivity (Wildman–Crippen MR) is 73.2 cm³/mol. The Labute approximate surface area is 114 Å². The Bertz CT molecular complexity index is 301. The summed E-state index contributed by atoms with van der Waals surface area (Å²) in [6.07, 6.45) is 1.11. The van der Waals surface area contributed by atoms with E-state index in [-0.39, 0.29) is 12.2 Å². The Kier molecular flexibility index (Phi) is 6.26. The first-order chi connectivity index (χ1) is 8.82. The number of hydrogen-bond acceptors (Lipinski definition) is 5. The molecule has 0 aromatic rings. The minimum absolute atomic E-state index is 0.00926. The van der Waals surface area contributed by atoms with E-state index in [0.29, 0.717) is 25.3 Å². The summed E-state index contributed by atoms with van der Waals surface area (Å²) in [5, 5.41) is 27.0. The van der Waals surface area contributed by atoms with Crippen molar-refractivity contribution in [3.63, 3.8) is 0 Å². The normalized spacial score (nSPS) is 28.0. The molecule has 0 bridgehead atoms. The van der Waals surface area contributed by atoms with Crippen LogP contribution in [0.3, 0.4) is 0 Å². The van der Waals surface area contributed by atoms with Crippen LogP contribution < -0.4 is 5.73 Å². The topological polar surface area (TPSA) is 107 Å². The van der Waals surface area contributed by atoms with Crippen molar-refractivity contribution in [1.82, 2.24) is 4.90 Å². The Morgan fingerprint density at radius 2 is 2.11 bits per heavy atom. The number of carbonyl (C=O) groups is 1. The number of likely N-dealkylation sites (tertiary alicyclic amines) is 1. The fraction of sp³-hybridized carbons (Fsp3) is 0.917. The summed E-state index contributed by atoms with van der Waals surface area (Å²) in [6, 6.07) is 0. The minimum Gasteiger partial charge on any atom is -0.481 e. The SMILES string of the molecule is CC(C)CN1CC(CCCB(O)O)C(C(=O)O)C1N. The third kappa shape index (κ3) is 4.76. The van der Waals surface area contributed by atoms with Crippen LogP contribution in [-0.4, -0.2) is 52.4 Å². The second kappa shape index (κ2) is 7.24. The van der Waals surface area contributed by atoms with Gasteiger partial charge in [-0.3, -0.25) is 9.69 Å². The molecule has 1 rings (SSSR count). The van der Waals surface area contributed by atoms with Gasteiger partial charge in [0.25, 0.3) is 0 Å². The van der Waals surface area contributed by atoms with E-state index >= 15 is 0 Å². The molecule has 0 radical (unpaired) electrons. The fourth-order valence-corrected chi connectivity index (χ4v) is 2.89. The Balaban J connectivity index is 2.59. The average Bonchev–Trinajstić information content (AvgIpc) is 2.54. The monoisotopic (exact) mass is 272 g/mol. The van der Waals surface area contributed by atoms with Gasteiger partial charge in [-0.2, -0.15) is 0 Å². The van der Waals surface area contributed by atoms with Crippen LogP contribution in [-0.2, 0) is 4.79 Å². The predicted octanol–water partition coefficient (Wildman–Crippen LogP) is -0.187. The summed E-state index contributed by atoms with van der Waals surface area (Å²) in [5.74, 6) is -0.980.